The molecule has 1 saturated heterocycles. The van der Waals surface area contributed by atoms with E-state index in [1.165, 1.54) is 6.07 Å². The van der Waals surface area contributed by atoms with Gasteiger partial charge in [-0.3, -0.25) is 14.5 Å². The van der Waals surface area contributed by atoms with Gasteiger partial charge in [0.05, 0.1) is 23.7 Å². The predicted octanol–water partition coefficient (Wildman–Crippen LogP) is 5.43. The highest BCUT2D eigenvalue weighted by atomic mass is 19.4. The number of nitrogens with one attached hydrogen (secondary N) is 3. The Morgan fingerprint density at radius 3 is 2.15 bits per heavy atom. The molecular formula is C28H26F6N4O2. The van der Waals surface area contributed by atoms with Crippen LogP contribution in [0.25, 0.3) is 0 Å². The molecule has 1 amide bonds. The second-order valence-electron chi connectivity index (χ2n) is 9.32. The molecule has 6 nitrogen and oxygen atoms in total. The maximum Gasteiger partial charge on any atom is 0.416 e. The van der Waals surface area contributed by atoms with Crippen LogP contribution in [0, 0.1) is 0 Å². The summed E-state index contributed by atoms with van der Waals surface area (Å²) in [6.07, 6.45) is -9.89. The number of benzene rings is 3. The number of hydrogen-bond donors (Lipinski definition) is 3. The van der Waals surface area contributed by atoms with Crippen LogP contribution in [0.15, 0.2) is 72.8 Å². The third-order valence-electron chi connectivity index (χ3n) is 6.35. The summed E-state index contributed by atoms with van der Waals surface area (Å²) in [5, 5.41) is 8.74. The number of nitrogens with zero attached hydrogens (tertiary/aromatic N) is 1. The third-order valence-corrected chi connectivity index (χ3v) is 6.35. The highest BCUT2D eigenvalue weighted by molar-refractivity contribution is 6.01. The van der Waals surface area contributed by atoms with Crippen molar-refractivity contribution in [1.82, 2.24) is 10.2 Å². The van der Waals surface area contributed by atoms with Gasteiger partial charge in [-0.2, -0.15) is 26.3 Å². The van der Waals surface area contributed by atoms with E-state index in [-0.39, 0.29) is 42.0 Å². The summed E-state index contributed by atoms with van der Waals surface area (Å²) in [5.41, 5.74) is -1.76. The number of carbonyl (C=O) groups is 2. The fraction of sp³-hybridized carbons (Fsp3) is 0.286. The van der Waals surface area contributed by atoms with Gasteiger partial charge < -0.3 is 16.0 Å². The Morgan fingerprint density at radius 1 is 0.850 bits per heavy atom. The van der Waals surface area contributed by atoms with Crippen LogP contribution in [-0.2, 0) is 23.7 Å². The first-order chi connectivity index (χ1) is 18.9. The Bertz CT molecular complexity index is 1310. The molecule has 1 aliphatic rings. The van der Waals surface area contributed by atoms with Crippen LogP contribution in [0.2, 0.25) is 0 Å². The smallest absolute Gasteiger partial charge is 0.381 e. The number of ketones is 1. The van der Waals surface area contributed by atoms with E-state index in [1.54, 1.807) is 47.4 Å². The average molecular weight is 565 g/mol. The summed E-state index contributed by atoms with van der Waals surface area (Å²) >= 11 is 0. The van der Waals surface area contributed by atoms with Gasteiger partial charge in [0.2, 0.25) is 5.91 Å². The quantitative estimate of drug-likeness (QED) is 0.251. The van der Waals surface area contributed by atoms with Crippen LogP contribution in [0.4, 0.5) is 37.7 Å². The molecule has 1 unspecified atom stereocenters. The summed E-state index contributed by atoms with van der Waals surface area (Å²) < 4.78 is 79.1. The number of carbonyl (C=O) groups excluding carboxylic acids is 2. The maximum absolute atomic E-state index is 13.4. The van der Waals surface area contributed by atoms with E-state index in [0.29, 0.717) is 43.1 Å². The van der Waals surface area contributed by atoms with Gasteiger partial charge >= 0.3 is 12.4 Å². The van der Waals surface area contributed by atoms with Crippen molar-refractivity contribution in [3.8, 4) is 0 Å². The fourth-order valence-electron chi connectivity index (χ4n) is 4.40. The number of para-hydroxylation sites is 1. The molecule has 12 heteroatoms. The molecule has 4 rings (SSSR count). The number of amides is 1. The monoisotopic (exact) mass is 564 g/mol. The Balaban J connectivity index is 1.46. The molecule has 0 aromatic heterocycles. The van der Waals surface area contributed by atoms with Gasteiger partial charge in [-0.15, -0.1) is 0 Å². The number of anilines is 2. The largest absolute Gasteiger partial charge is 0.416 e. The van der Waals surface area contributed by atoms with Crippen LogP contribution < -0.4 is 16.0 Å². The minimum Gasteiger partial charge on any atom is -0.381 e. The van der Waals surface area contributed by atoms with E-state index in [4.69, 9.17) is 0 Å². The number of alkyl halides is 6. The van der Waals surface area contributed by atoms with Crippen LogP contribution in [0.3, 0.4) is 0 Å². The summed E-state index contributed by atoms with van der Waals surface area (Å²) in [5.74, 6) is -0.553. The summed E-state index contributed by atoms with van der Waals surface area (Å²) in [4.78, 5) is 27.8. The van der Waals surface area contributed by atoms with Gasteiger partial charge in [-0.25, -0.2) is 0 Å². The van der Waals surface area contributed by atoms with Crippen molar-refractivity contribution in [2.75, 3.05) is 36.8 Å². The van der Waals surface area contributed by atoms with Crippen molar-refractivity contribution >= 4 is 23.1 Å². The van der Waals surface area contributed by atoms with Gasteiger partial charge in [-0.05, 0) is 48.0 Å². The number of Topliss-reactive ketones (excluding diaryl/α,β-unsaturated/α-hetero) is 1. The molecule has 0 spiro atoms. The molecule has 0 saturated carbocycles. The Hall–Kier alpha value is -3.90. The lowest BCUT2D eigenvalue weighted by Crippen LogP contribution is -2.56. The molecule has 3 N–H and O–H groups in total. The molecule has 3 aromatic carbocycles. The van der Waals surface area contributed by atoms with Crippen molar-refractivity contribution in [3.63, 3.8) is 0 Å². The second-order valence-corrected chi connectivity index (χ2v) is 9.32. The molecule has 0 bridgehead atoms. The minimum atomic E-state index is -4.94. The van der Waals surface area contributed by atoms with E-state index in [0.717, 1.165) is 0 Å². The Labute approximate surface area is 226 Å². The van der Waals surface area contributed by atoms with Gasteiger partial charge in [-0.1, -0.05) is 30.3 Å². The molecular weight excluding hydrogens is 538 g/mol. The van der Waals surface area contributed by atoms with E-state index >= 15 is 0 Å². The average Bonchev–Trinajstić information content (AvgIpc) is 2.91. The van der Waals surface area contributed by atoms with E-state index < -0.39 is 29.5 Å². The molecule has 212 valence electrons. The summed E-state index contributed by atoms with van der Waals surface area (Å²) in [6.45, 7) is 0.998. The van der Waals surface area contributed by atoms with Crippen molar-refractivity contribution in [1.29, 1.82) is 0 Å². The molecule has 1 fully saturated rings. The standard InChI is InChI=1S/C28H26F6N4O2/c29-27(30,31)20-11-18(12-21(14-20)28(32,33)34)15-36-23-8-4-5-19(13-23)26(40)24-16-35-9-10-38(24)17-25(39)37-22-6-2-1-3-7-22/h1-8,11-14,24,35-36H,9-10,15-17H2,(H,37,39). The highest BCUT2D eigenvalue weighted by Gasteiger charge is 2.37. The van der Waals surface area contributed by atoms with Crippen LogP contribution in [0.1, 0.15) is 27.0 Å². The second kappa shape index (κ2) is 12.1. The minimum absolute atomic E-state index is 0.0119. The highest BCUT2D eigenvalue weighted by Crippen LogP contribution is 2.36. The van der Waals surface area contributed by atoms with E-state index in [2.05, 4.69) is 16.0 Å². The number of halogens is 6. The van der Waals surface area contributed by atoms with Crippen molar-refractivity contribution in [2.24, 2.45) is 0 Å². The van der Waals surface area contributed by atoms with Crippen LogP contribution >= 0.6 is 0 Å². The summed E-state index contributed by atoms with van der Waals surface area (Å²) in [7, 11) is 0. The first-order valence-corrected chi connectivity index (χ1v) is 12.4. The lowest BCUT2D eigenvalue weighted by molar-refractivity contribution is -0.143. The van der Waals surface area contributed by atoms with Gasteiger partial charge in [0.1, 0.15) is 0 Å². The number of hydrogen-bond acceptors (Lipinski definition) is 5. The molecule has 0 radical (unpaired) electrons. The normalized spacial score (nSPS) is 16.4. The van der Waals surface area contributed by atoms with Crippen molar-refractivity contribution in [2.45, 2.75) is 24.9 Å². The zero-order valence-corrected chi connectivity index (χ0v) is 21.1. The number of rotatable bonds is 8. The SMILES string of the molecule is O=C(CN1CCNCC1C(=O)c1cccc(NCc2cc(C(F)(F)F)cc(C(F)(F)F)c2)c1)Nc1ccccc1. The topological polar surface area (TPSA) is 73.5 Å². The van der Waals surface area contributed by atoms with Crippen molar-refractivity contribution in [3.05, 3.63) is 95.1 Å². The first-order valence-electron chi connectivity index (χ1n) is 12.4. The molecule has 40 heavy (non-hydrogen) atoms. The van der Waals surface area contributed by atoms with Crippen LogP contribution in [-0.4, -0.2) is 48.8 Å². The molecule has 0 aliphatic carbocycles. The van der Waals surface area contributed by atoms with E-state index in [1.807, 2.05) is 6.07 Å². The molecule has 1 heterocycles. The molecule has 3 aromatic rings. The Kier molecular flexibility index (Phi) is 8.79. The van der Waals surface area contributed by atoms with Crippen LogP contribution in [0.5, 0.6) is 0 Å². The van der Waals surface area contributed by atoms with Gasteiger partial charge in [0.25, 0.3) is 0 Å². The summed E-state index contributed by atoms with van der Waals surface area (Å²) in [6, 6.07) is 15.8. The van der Waals surface area contributed by atoms with Gasteiger partial charge in [0.15, 0.2) is 5.78 Å². The lowest BCUT2D eigenvalue weighted by Gasteiger charge is -2.34. The van der Waals surface area contributed by atoms with Crippen molar-refractivity contribution < 1.29 is 35.9 Å². The maximum atomic E-state index is 13.4. The Morgan fingerprint density at radius 2 is 1.50 bits per heavy atom. The first kappa shape index (κ1) is 29.1. The predicted molar refractivity (Wildman–Crippen MR) is 138 cm³/mol. The fourth-order valence-corrected chi connectivity index (χ4v) is 4.40. The van der Waals surface area contributed by atoms with Gasteiger partial charge in [0, 0.05) is 43.1 Å². The lowest BCUT2D eigenvalue weighted by atomic mass is 10.0. The third kappa shape index (κ3) is 7.60. The number of piperazine rings is 1. The van der Waals surface area contributed by atoms with E-state index in [9.17, 15) is 35.9 Å². The molecule has 1 atom stereocenters. The zero-order valence-electron chi connectivity index (χ0n) is 21.1. The molecule has 1 aliphatic heterocycles. The zero-order chi connectivity index (χ0) is 28.9.